The molecule has 0 fully saturated rings. The summed E-state index contributed by atoms with van der Waals surface area (Å²) in [5, 5.41) is 2.84. The van der Waals surface area contributed by atoms with Crippen LogP contribution in [0.25, 0.3) is 0 Å². The van der Waals surface area contributed by atoms with Crippen molar-refractivity contribution >= 4 is 23.2 Å². The monoisotopic (exact) mass is 407 g/mol. The molecule has 0 aromatic heterocycles. The van der Waals surface area contributed by atoms with E-state index in [9.17, 15) is 9.59 Å². The number of hydrogen-bond acceptors (Lipinski definition) is 3. The molecule has 5 heteroatoms. The van der Waals surface area contributed by atoms with Crippen LogP contribution in [0.1, 0.15) is 51.5 Å². The maximum atomic E-state index is 13.1. The Labute approximate surface area is 180 Å². The van der Waals surface area contributed by atoms with Gasteiger partial charge in [-0.1, -0.05) is 82.7 Å². The van der Waals surface area contributed by atoms with Crippen molar-refractivity contribution in [2.45, 2.75) is 52.1 Å². The number of benzodiazepines with no additional fused rings is 1. The van der Waals surface area contributed by atoms with Crippen LogP contribution in [-0.2, 0) is 9.59 Å². The average molecular weight is 408 g/mol. The molecule has 0 saturated carbocycles. The fraction of sp³-hybridized carbons (Fsp3) is 0.400. The number of fused-ring (bicyclic) bond motifs is 1. The lowest BCUT2D eigenvalue weighted by molar-refractivity contribution is -0.127. The molecule has 1 aromatic rings. The normalized spacial score (nSPS) is 17.5. The minimum atomic E-state index is -0.982. The number of amides is 2. The van der Waals surface area contributed by atoms with Gasteiger partial charge in [0.15, 0.2) is 0 Å². The first kappa shape index (κ1) is 23.3. The third-order valence-corrected chi connectivity index (χ3v) is 5.49. The third-order valence-electron chi connectivity index (χ3n) is 5.49. The van der Waals surface area contributed by atoms with Crippen LogP contribution in [0, 0.1) is 5.92 Å². The van der Waals surface area contributed by atoms with Crippen LogP contribution in [0.2, 0.25) is 0 Å². The van der Waals surface area contributed by atoms with Crippen LogP contribution in [-0.4, -0.2) is 30.7 Å². The Balaban J connectivity index is 2.34. The molecule has 2 atom stereocenters. The van der Waals surface area contributed by atoms with Gasteiger partial charge in [-0.05, 0) is 24.0 Å². The summed E-state index contributed by atoms with van der Waals surface area (Å²) in [6.07, 6.45) is 8.64. The molecular weight excluding hydrogens is 374 g/mol. The van der Waals surface area contributed by atoms with Crippen molar-refractivity contribution in [1.82, 2.24) is 5.32 Å². The molecule has 2 unspecified atom stereocenters. The van der Waals surface area contributed by atoms with Gasteiger partial charge in [-0.15, -0.1) is 0 Å². The Morgan fingerprint density at radius 1 is 1.27 bits per heavy atom. The third kappa shape index (κ3) is 5.56. The van der Waals surface area contributed by atoms with Crippen LogP contribution >= 0.6 is 0 Å². The summed E-state index contributed by atoms with van der Waals surface area (Å²) >= 11 is 0. The van der Waals surface area contributed by atoms with E-state index in [1.165, 1.54) is 0 Å². The Hall–Kier alpha value is -2.95. The molecule has 2 amide bonds. The first-order valence-corrected chi connectivity index (χ1v) is 10.7. The van der Waals surface area contributed by atoms with Crippen molar-refractivity contribution in [3.8, 4) is 0 Å². The van der Waals surface area contributed by atoms with Gasteiger partial charge in [0.2, 0.25) is 12.1 Å². The van der Waals surface area contributed by atoms with Gasteiger partial charge in [-0.2, -0.15) is 0 Å². The van der Waals surface area contributed by atoms with Crippen LogP contribution in [0.4, 0.5) is 5.69 Å². The number of rotatable bonds is 10. The Morgan fingerprint density at radius 2 is 2.00 bits per heavy atom. The molecule has 1 aromatic carbocycles. The summed E-state index contributed by atoms with van der Waals surface area (Å²) in [7, 11) is 1.71. The summed E-state index contributed by atoms with van der Waals surface area (Å²) < 4.78 is 0. The van der Waals surface area contributed by atoms with Crippen LogP contribution in [0.5, 0.6) is 0 Å². The summed E-state index contributed by atoms with van der Waals surface area (Å²) in [6, 6.07) is 7.57. The number of allylic oxidation sites excluding steroid dienone is 4. The Morgan fingerprint density at radius 3 is 2.63 bits per heavy atom. The average Bonchev–Trinajstić information content (AvgIpc) is 2.86. The standard InChI is InChI=1S/C25H33N3O2/c1-6-12-18(8-3)16-17-22(29)26-24-25(30)28(5)21-15-11-10-14-20(21)23(27-24)19(9-4)13-7-2/h7,9-11,13-15,18,24H,2,4,6,8,12,16-17H2,1,3,5H3,(H,26,29)/b19-13+. The first-order valence-electron chi connectivity index (χ1n) is 10.7. The molecule has 30 heavy (non-hydrogen) atoms. The second-order valence-corrected chi connectivity index (χ2v) is 7.53. The Kier molecular flexibility index (Phi) is 8.78. The van der Waals surface area contributed by atoms with Crippen LogP contribution < -0.4 is 10.2 Å². The summed E-state index contributed by atoms with van der Waals surface area (Å²) in [5.41, 5.74) is 2.91. The summed E-state index contributed by atoms with van der Waals surface area (Å²) in [6.45, 7) is 11.9. The summed E-state index contributed by atoms with van der Waals surface area (Å²) in [5.74, 6) is 0.103. The second kappa shape index (κ2) is 11.3. The molecule has 1 N–H and O–H groups in total. The highest BCUT2D eigenvalue weighted by atomic mass is 16.2. The van der Waals surface area contributed by atoms with Gasteiger partial charge in [0.1, 0.15) is 0 Å². The number of nitrogens with one attached hydrogen (secondary N) is 1. The van der Waals surface area contributed by atoms with Crippen molar-refractivity contribution in [2.24, 2.45) is 10.9 Å². The van der Waals surface area contributed by atoms with Gasteiger partial charge in [0.05, 0.1) is 11.4 Å². The van der Waals surface area contributed by atoms with E-state index >= 15 is 0 Å². The van der Waals surface area contributed by atoms with E-state index in [0.29, 0.717) is 18.1 Å². The number of nitrogens with zero attached hydrogens (tertiary/aromatic N) is 2. The largest absolute Gasteiger partial charge is 0.327 e. The first-order chi connectivity index (χ1) is 14.5. The van der Waals surface area contributed by atoms with Crippen molar-refractivity contribution in [3.05, 3.63) is 66.8 Å². The molecule has 1 aliphatic rings. The van der Waals surface area contributed by atoms with E-state index < -0.39 is 6.17 Å². The van der Waals surface area contributed by atoms with Crippen molar-refractivity contribution in [1.29, 1.82) is 0 Å². The van der Waals surface area contributed by atoms with E-state index in [-0.39, 0.29) is 11.8 Å². The lowest BCUT2D eigenvalue weighted by Gasteiger charge is -2.21. The van der Waals surface area contributed by atoms with Gasteiger partial charge < -0.3 is 10.2 Å². The van der Waals surface area contributed by atoms with Crippen LogP contribution in [0.3, 0.4) is 0 Å². The minimum absolute atomic E-state index is 0.154. The number of aliphatic imine (C=N–C) groups is 1. The molecule has 2 rings (SSSR count). The highest BCUT2D eigenvalue weighted by molar-refractivity contribution is 6.21. The van der Waals surface area contributed by atoms with Crippen molar-refractivity contribution in [3.63, 3.8) is 0 Å². The molecule has 5 nitrogen and oxygen atoms in total. The predicted molar refractivity (Wildman–Crippen MR) is 125 cm³/mol. The van der Waals surface area contributed by atoms with Gasteiger partial charge in [0, 0.05) is 19.0 Å². The fourth-order valence-corrected chi connectivity index (χ4v) is 3.74. The van der Waals surface area contributed by atoms with E-state index in [1.54, 1.807) is 30.2 Å². The molecule has 1 heterocycles. The number of hydrogen-bond donors (Lipinski definition) is 1. The number of anilines is 1. The SMILES string of the molecule is C=C/C=C(\C=C)C1=NC(NC(=O)CCC(CC)CCC)C(=O)N(C)c2ccccc21. The smallest absolute Gasteiger partial charge is 0.272 e. The van der Waals surface area contributed by atoms with E-state index in [2.05, 4.69) is 37.3 Å². The maximum Gasteiger partial charge on any atom is 0.272 e. The molecule has 0 bridgehead atoms. The Bertz CT molecular complexity index is 854. The van der Waals surface area contributed by atoms with E-state index in [0.717, 1.165) is 42.5 Å². The second-order valence-electron chi connectivity index (χ2n) is 7.53. The number of benzene rings is 1. The molecular formula is C25H33N3O2. The van der Waals surface area contributed by atoms with E-state index in [1.807, 2.05) is 24.3 Å². The molecule has 0 radical (unpaired) electrons. The van der Waals surface area contributed by atoms with Crippen molar-refractivity contribution < 1.29 is 9.59 Å². The lowest BCUT2D eigenvalue weighted by atomic mass is 9.95. The van der Waals surface area contributed by atoms with Crippen molar-refractivity contribution in [2.75, 3.05) is 11.9 Å². The molecule has 0 saturated heterocycles. The highest BCUT2D eigenvalue weighted by Crippen LogP contribution is 2.27. The molecule has 1 aliphatic heterocycles. The lowest BCUT2D eigenvalue weighted by Crippen LogP contribution is -2.46. The van der Waals surface area contributed by atoms with Gasteiger partial charge in [-0.25, -0.2) is 4.99 Å². The molecule has 0 aliphatic carbocycles. The van der Waals surface area contributed by atoms with E-state index in [4.69, 9.17) is 0 Å². The molecule has 0 spiro atoms. The quantitative estimate of drug-likeness (QED) is 0.566. The summed E-state index contributed by atoms with van der Waals surface area (Å²) in [4.78, 5) is 32.0. The zero-order valence-corrected chi connectivity index (χ0v) is 18.4. The van der Waals surface area contributed by atoms with Gasteiger partial charge in [-0.3, -0.25) is 9.59 Å². The maximum absolute atomic E-state index is 13.1. The number of likely N-dealkylation sites (N-methyl/N-ethyl adjacent to an activating group) is 1. The predicted octanol–water partition coefficient (Wildman–Crippen LogP) is 4.80. The number of carbonyl (C=O) groups excluding carboxylic acids is 2. The van der Waals surface area contributed by atoms with Gasteiger partial charge >= 0.3 is 0 Å². The topological polar surface area (TPSA) is 61.8 Å². The van der Waals surface area contributed by atoms with Crippen LogP contribution in [0.15, 0.2) is 66.2 Å². The highest BCUT2D eigenvalue weighted by Gasteiger charge is 2.31. The van der Waals surface area contributed by atoms with Gasteiger partial charge in [0.25, 0.3) is 5.91 Å². The molecule has 160 valence electrons. The number of carbonyl (C=O) groups is 2. The zero-order valence-electron chi connectivity index (χ0n) is 18.4. The fourth-order valence-electron chi connectivity index (χ4n) is 3.74. The zero-order chi connectivity index (χ0) is 22.1. The minimum Gasteiger partial charge on any atom is -0.327 e. The number of para-hydroxylation sites is 1.